The lowest BCUT2D eigenvalue weighted by Gasteiger charge is -2.32. The van der Waals surface area contributed by atoms with Gasteiger partial charge in [0.1, 0.15) is 11.9 Å². The Balaban J connectivity index is 1.17. The zero-order chi connectivity index (χ0) is 29.3. The second-order valence-corrected chi connectivity index (χ2v) is 10.6. The van der Waals surface area contributed by atoms with Crippen LogP contribution in [0.5, 0.6) is 0 Å². The molecule has 2 fully saturated rings. The van der Waals surface area contributed by atoms with Gasteiger partial charge in [0.2, 0.25) is 11.8 Å². The predicted octanol–water partition coefficient (Wildman–Crippen LogP) is 3.96. The third-order valence-electron chi connectivity index (χ3n) is 7.21. The summed E-state index contributed by atoms with van der Waals surface area (Å²) in [5.74, 6) is -2.85. The fourth-order valence-electron chi connectivity index (χ4n) is 5.06. The molecule has 220 valence electrons. The molecule has 5 rings (SSSR count). The number of carbonyl (C=O) groups excluding carboxylic acids is 1. The molecule has 2 aliphatic rings. The van der Waals surface area contributed by atoms with Crippen molar-refractivity contribution < 1.29 is 32.0 Å². The summed E-state index contributed by atoms with van der Waals surface area (Å²) in [5.41, 5.74) is 6.71. The van der Waals surface area contributed by atoms with Crippen LogP contribution < -0.4 is 10.6 Å². The minimum atomic E-state index is -1.25. The van der Waals surface area contributed by atoms with Crippen LogP contribution in [0.15, 0.2) is 29.0 Å². The van der Waals surface area contributed by atoms with Crippen molar-refractivity contribution in [1.82, 2.24) is 25.0 Å². The number of halogens is 3. The van der Waals surface area contributed by atoms with Crippen LogP contribution in [-0.2, 0) is 9.47 Å². The maximum absolute atomic E-state index is 14.3. The van der Waals surface area contributed by atoms with Crippen LogP contribution in [0.2, 0.25) is 0 Å². The zero-order valence-corrected chi connectivity index (χ0v) is 23.0. The lowest BCUT2D eigenvalue weighted by atomic mass is 9.94. The van der Waals surface area contributed by atoms with Crippen molar-refractivity contribution in [2.75, 3.05) is 31.1 Å². The van der Waals surface area contributed by atoms with Crippen molar-refractivity contribution >= 4 is 12.0 Å². The molecule has 2 aromatic heterocycles. The average Bonchev–Trinajstić information content (AvgIpc) is 3.58. The number of amides is 1. The molecule has 1 amide bonds. The number of ether oxygens (including phenoxy) is 2. The van der Waals surface area contributed by atoms with Gasteiger partial charge in [-0.1, -0.05) is 5.16 Å². The van der Waals surface area contributed by atoms with E-state index in [0.29, 0.717) is 55.9 Å². The number of piperidine rings is 1. The van der Waals surface area contributed by atoms with Crippen molar-refractivity contribution in [2.45, 2.75) is 63.9 Å². The quantitative estimate of drug-likeness (QED) is 0.413. The van der Waals surface area contributed by atoms with Crippen LogP contribution in [-0.4, -0.2) is 75.5 Å². The predicted molar refractivity (Wildman–Crippen MR) is 140 cm³/mol. The number of aromatic nitrogens is 4. The average molecular weight is 576 g/mol. The van der Waals surface area contributed by atoms with E-state index in [-0.39, 0.29) is 36.3 Å². The molecule has 1 aromatic carbocycles. The number of benzene rings is 1. The van der Waals surface area contributed by atoms with Crippen molar-refractivity contribution in [3.63, 3.8) is 0 Å². The van der Waals surface area contributed by atoms with E-state index >= 15 is 0 Å². The van der Waals surface area contributed by atoms with Gasteiger partial charge in [0.25, 0.3) is 5.89 Å². The molecule has 41 heavy (non-hydrogen) atoms. The topological polar surface area (TPSA) is 133 Å². The molecule has 11 nitrogen and oxygen atoms in total. The number of rotatable bonds is 7. The van der Waals surface area contributed by atoms with Crippen LogP contribution in [0, 0.1) is 17.5 Å². The molecule has 2 saturated heterocycles. The highest BCUT2D eigenvalue weighted by Crippen LogP contribution is 2.32. The molecular formula is C27H32F3N7O4. The fourth-order valence-corrected chi connectivity index (χ4v) is 5.06. The van der Waals surface area contributed by atoms with Gasteiger partial charge in [0, 0.05) is 56.6 Å². The number of nitrogens with zero attached hydrogens (tertiary/aromatic N) is 6. The second-order valence-electron chi connectivity index (χ2n) is 10.6. The Labute approximate surface area is 234 Å². The molecule has 0 spiro atoms. The standard InChI is InChI=1S/C27H32F3N7O4/c1-14(2)39-27(38)36-6-4-17(5-7-36)40-15(3)24-34-25(41-35-24)16-10-32-26(33-11-16)37-12-19(23(31)13-37)18-8-21(29)22(30)9-20(18)28/h8-11,14-15,17,19,23H,4-7,12-13,31H2,1-3H3. The van der Waals surface area contributed by atoms with Gasteiger partial charge in [-0.2, -0.15) is 4.98 Å². The van der Waals surface area contributed by atoms with E-state index in [2.05, 4.69) is 20.1 Å². The Kier molecular flexibility index (Phi) is 8.40. The molecule has 14 heteroatoms. The van der Waals surface area contributed by atoms with Crippen molar-refractivity contribution in [3.8, 4) is 11.5 Å². The van der Waals surface area contributed by atoms with Gasteiger partial charge in [-0.25, -0.2) is 27.9 Å². The SMILES string of the molecule is CC(C)OC(=O)N1CCC(OC(C)c2noc(-c3cnc(N4CC(N)C(c5cc(F)c(F)cc5F)C4)nc3)n2)CC1. The zero-order valence-electron chi connectivity index (χ0n) is 23.0. The number of hydrogen-bond acceptors (Lipinski definition) is 10. The first-order valence-corrected chi connectivity index (χ1v) is 13.5. The van der Waals surface area contributed by atoms with Gasteiger partial charge in [-0.3, -0.25) is 0 Å². The number of hydrogen-bond donors (Lipinski definition) is 1. The highest BCUT2D eigenvalue weighted by molar-refractivity contribution is 5.67. The summed E-state index contributed by atoms with van der Waals surface area (Å²) >= 11 is 0. The minimum Gasteiger partial charge on any atom is -0.447 e. The van der Waals surface area contributed by atoms with Crippen molar-refractivity contribution in [2.24, 2.45) is 5.73 Å². The van der Waals surface area contributed by atoms with Crippen LogP contribution in [0.1, 0.15) is 57.0 Å². The van der Waals surface area contributed by atoms with Crippen LogP contribution in [0.25, 0.3) is 11.5 Å². The molecule has 3 aromatic rings. The number of likely N-dealkylation sites (tertiary alicyclic amines) is 1. The highest BCUT2D eigenvalue weighted by atomic mass is 19.2. The summed E-state index contributed by atoms with van der Waals surface area (Å²) in [7, 11) is 0. The van der Waals surface area contributed by atoms with E-state index in [0.717, 1.165) is 6.07 Å². The Hall–Kier alpha value is -3.78. The molecule has 3 atom stereocenters. The third-order valence-corrected chi connectivity index (χ3v) is 7.21. The van der Waals surface area contributed by atoms with E-state index < -0.39 is 35.5 Å². The summed E-state index contributed by atoms with van der Waals surface area (Å²) in [6, 6.07) is 0.858. The van der Waals surface area contributed by atoms with Crippen LogP contribution >= 0.6 is 0 Å². The molecule has 4 heterocycles. The van der Waals surface area contributed by atoms with E-state index in [4.69, 9.17) is 19.7 Å². The number of nitrogens with two attached hydrogens (primary N) is 1. The van der Waals surface area contributed by atoms with Crippen LogP contribution in [0.4, 0.5) is 23.9 Å². The van der Waals surface area contributed by atoms with Gasteiger partial charge in [0.15, 0.2) is 11.6 Å². The molecule has 3 unspecified atom stereocenters. The maximum atomic E-state index is 14.3. The molecule has 0 bridgehead atoms. The maximum Gasteiger partial charge on any atom is 0.410 e. The van der Waals surface area contributed by atoms with Gasteiger partial charge in [0.05, 0.1) is 17.8 Å². The summed E-state index contributed by atoms with van der Waals surface area (Å²) < 4.78 is 58.2. The Morgan fingerprint density at radius 2 is 1.73 bits per heavy atom. The Bertz CT molecular complexity index is 1370. The van der Waals surface area contributed by atoms with Crippen LogP contribution in [0.3, 0.4) is 0 Å². The van der Waals surface area contributed by atoms with Gasteiger partial charge >= 0.3 is 6.09 Å². The Morgan fingerprint density at radius 3 is 2.41 bits per heavy atom. The van der Waals surface area contributed by atoms with E-state index in [1.807, 2.05) is 20.8 Å². The minimum absolute atomic E-state index is 0.0180. The van der Waals surface area contributed by atoms with E-state index in [1.165, 1.54) is 12.4 Å². The van der Waals surface area contributed by atoms with Gasteiger partial charge < -0.3 is 29.5 Å². The first-order chi connectivity index (χ1) is 19.6. The fraction of sp³-hybridized carbons (Fsp3) is 0.519. The Morgan fingerprint density at radius 1 is 1.05 bits per heavy atom. The summed E-state index contributed by atoms with van der Waals surface area (Å²) in [6.07, 6.45) is 3.40. The first-order valence-electron chi connectivity index (χ1n) is 13.5. The lowest BCUT2D eigenvalue weighted by molar-refractivity contribution is -0.0402. The molecule has 0 saturated carbocycles. The molecule has 0 radical (unpaired) electrons. The monoisotopic (exact) mass is 575 g/mol. The van der Waals surface area contributed by atoms with Gasteiger partial charge in [-0.05, 0) is 45.2 Å². The smallest absolute Gasteiger partial charge is 0.410 e. The highest BCUT2D eigenvalue weighted by Gasteiger charge is 2.35. The summed E-state index contributed by atoms with van der Waals surface area (Å²) in [5, 5.41) is 4.04. The van der Waals surface area contributed by atoms with Crippen molar-refractivity contribution in [3.05, 3.63) is 53.4 Å². The number of carbonyl (C=O) groups is 1. The summed E-state index contributed by atoms with van der Waals surface area (Å²) in [4.78, 5) is 28.7. The second kappa shape index (κ2) is 12.0. The molecule has 2 aliphatic heterocycles. The van der Waals surface area contributed by atoms with Crippen molar-refractivity contribution in [1.29, 1.82) is 0 Å². The molecular weight excluding hydrogens is 543 g/mol. The largest absolute Gasteiger partial charge is 0.447 e. The van der Waals surface area contributed by atoms with E-state index in [1.54, 1.807) is 9.80 Å². The summed E-state index contributed by atoms with van der Waals surface area (Å²) in [6.45, 7) is 7.09. The first kappa shape index (κ1) is 28.7. The van der Waals surface area contributed by atoms with E-state index in [9.17, 15) is 18.0 Å². The number of anilines is 1. The lowest BCUT2D eigenvalue weighted by Crippen LogP contribution is -2.42. The molecule has 2 N–H and O–H groups in total. The molecule has 0 aliphatic carbocycles. The third kappa shape index (κ3) is 6.43. The van der Waals surface area contributed by atoms with Gasteiger partial charge in [-0.15, -0.1) is 0 Å². The normalized spacial score (nSPS) is 20.6.